The second-order valence-electron chi connectivity index (χ2n) is 5.34. The fourth-order valence-corrected chi connectivity index (χ4v) is 3.15. The Hall–Kier alpha value is -1.14. The number of rotatable bonds is 5. The Bertz CT molecular complexity index is 526. The number of halogens is 2. The highest BCUT2D eigenvalue weighted by Gasteiger charge is 2.39. The van der Waals surface area contributed by atoms with Crippen molar-refractivity contribution in [2.24, 2.45) is 0 Å². The number of nitrogens with zero attached hydrogens (tertiary/aromatic N) is 1. The van der Waals surface area contributed by atoms with Crippen LogP contribution in [0.15, 0.2) is 18.2 Å². The van der Waals surface area contributed by atoms with Crippen molar-refractivity contribution in [3.05, 3.63) is 35.4 Å². The lowest BCUT2D eigenvalue weighted by Crippen LogP contribution is -2.38. The highest BCUT2D eigenvalue weighted by Crippen LogP contribution is 2.29. The summed E-state index contributed by atoms with van der Waals surface area (Å²) in [5.41, 5.74) is 0.572. The normalized spacial score (nSPS) is 23.7. The third-order valence-corrected chi connectivity index (χ3v) is 4.43. The number of amides is 1. The number of hydrogen-bond acceptors (Lipinski definition) is 3. The lowest BCUT2D eigenvalue weighted by atomic mass is 10.1. The van der Waals surface area contributed by atoms with E-state index in [0.29, 0.717) is 5.56 Å². The molecule has 1 amide bonds. The number of hydrogen-bond donors (Lipinski definition) is 1. The van der Waals surface area contributed by atoms with Crippen LogP contribution in [0.4, 0.5) is 8.78 Å². The Labute approximate surface area is 128 Å². The van der Waals surface area contributed by atoms with E-state index in [4.69, 9.17) is 0 Å². The number of nitrogens with one attached hydrogen (secondary N) is 1. The molecular weight excluding hydrogens is 294 g/mol. The zero-order valence-corrected chi connectivity index (χ0v) is 13.2. The second kappa shape index (κ2) is 6.75. The van der Waals surface area contributed by atoms with Gasteiger partial charge in [0.15, 0.2) is 11.6 Å². The van der Waals surface area contributed by atoms with Crippen LogP contribution in [0.1, 0.15) is 32.0 Å². The first-order valence-electron chi connectivity index (χ1n) is 6.97. The van der Waals surface area contributed by atoms with Gasteiger partial charge >= 0.3 is 0 Å². The van der Waals surface area contributed by atoms with E-state index in [-0.39, 0.29) is 18.0 Å². The predicted molar refractivity (Wildman–Crippen MR) is 81.0 cm³/mol. The van der Waals surface area contributed by atoms with Gasteiger partial charge in [-0.3, -0.25) is 10.1 Å². The molecule has 1 N–H and O–H groups in total. The summed E-state index contributed by atoms with van der Waals surface area (Å²) in [5, 5.41) is 3.15. The van der Waals surface area contributed by atoms with Crippen molar-refractivity contribution in [3.63, 3.8) is 0 Å². The van der Waals surface area contributed by atoms with Gasteiger partial charge < -0.3 is 4.90 Å². The first-order valence-corrected chi connectivity index (χ1v) is 8.37. The Kier molecular flexibility index (Phi) is 5.22. The molecule has 1 heterocycles. The molecule has 1 aliphatic rings. The van der Waals surface area contributed by atoms with Crippen LogP contribution >= 0.6 is 11.8 Å². The summed E-state index contributed by atoms with van der Waals surface area (Å²) in [6, 6.07) is 3.51. The molecular formula is C15H20F2N2OS. The zero-order chi connectivity index (χ0) is 15.6. The standard InChI is InChI=1S/C15H20F2N2OS/c1-9(6-7-21-3)19-14(18-10(2)15(19)20)11-4-5-12(16)13(17)8-11/h4-5,8-10,14,18H,6-7H2,1-3H3. The van der Waals surface area contributed by atoms with Crippen molar-refractivity contribution in [1.29, 1.82) is 0 Å². The van der Waals surface area contributed by atoms with Crippen molar-refractivity contribution < 1.29 is 13.6 Å². The summed E-state index contributed by atoms with van der Waals surface area (Å²) in [5.74, 6) is -0.821. The zero-order valence-electron chi connectivity index (χ0n) is 12.4. The van der Waals surface area contributed by atoms with Gasteiger partial charge in [-0.2, -0.15) is 11.8 Å². The molecule has 0 aromatic heterocycles. The van der Waals surface area contributed by atoms with E-state index < -0.39 is 17.8 Å². The third-order valence-electron chi connectivity index (χ3n) is 3.78. The van der Waals surface area contributed by atoms with E-state index in [2.05, 4.69) is 5.32 Å². The SMILES string of the molecule is CSCCC(C)N1C(=O)C(C)NC1c1ccc(F)c(F)c1. The van der Waals surface area contributed by atoms with Crippen LogP contribution in [-0.2, 0) is 4.79 Å². The van der Waals surface area contributed by atoms with Gasteiger partial charge in [0.25, 0.3) is 0 Å². The summed E-state index contributed by atoms with van der Waals surface area (Å²) < 4.78 is 26.5. The molecule has 3 unspecified atom stereocenters. The lowest BCUT2D eigenvalue weighted by Gasteiger charge is -2.30. The first kappa shape index (κ1) is 16.2. The number of benzene rings is 1. The number of thioether (sulfide) groups is 1. The second-order valence-corrected chi connectivity index (χ2v) is 6.33. The quantitative estimate of drug-likeness (QED) is 0.907. The molecule has 3 atom stereocenters. The maximum absolute atomic E-state index is 13.4. The minimum absolute atomic E-state index is 0.00154. The average Bonchev–Trinajstić information content (AvgIpc) is 2.75. The predicted octanol–water partition coefficient (Wildman–Crippen LogP) is 2.93. The van der Waals surface area contributed by atoms with Crippen LogP contribution < -0.4 is 5.32 Å². The van der Waals surface area contributed by atoms with Crippen LogP contribution in [0, 0.1) is 11.6 Å². The minimum Gasteiger partial charge on any atom is -0.319 e. The van der Waals surface area contributed by atoms with Gasteiger partial charge in [0.1, 0.15) is 6.17 Å². The van der Waals surface area contributed by atoms with Gasteiger partial charge in [0.05, 0.1) is 6.04 Å². The summed E-state index contributed by atoms with van der Waals surface area (Å²) >= 11 is 1.72. The van der Waals surface area contributed by atoms with Gasteiger partial charge in [-0.15, -0.1) is 0 Å². The maximum atomic E-state index is 13.4. The summed E-state index contributed by atoms with van der Waals surface area (Å²) in [7, 11) is 0. The summed E-state index contributed by atoms with van der Waals surface area (Å²) in [4.78, 5) is 14.1. The van der Waals surface area contributed by atoms with Crippen LogP contribution in [0.3, 0.4) is 0 Å². The molecule has 1 aromatic carbocycles. The van der Waals surface area contributed by atoms with Gasteiger partial charge in [-0.05, 0) is 50.0 Å². The van der Waals surface area contributed by atoms with E-state index >= 15 is 0 Å². The minimum atomic E-state index is -0.891. The van der Waals surface area contributed by atoms with Crippen molar-refractivity contribution in [3.8, 4) is 0 Å². The molecule has 1 saturated heterocycles. The molecule has 0 aliphatic carbocycles. The molecule has 0 bridgehead atoms. The fraction of sp³-hybridized carbons (Fsp3) is 0.533. The fourth-order valence-electron chi connectivity index (χ4n) is 2.58. The van der Waals surface area contributed by atoms with Gasteiger partial charge in [0, 0.05) is 6.04 Å². The number of carbonyl (C=O) groups excluding carboxylic acids is 1. The van der Waals surface area contributed by atoms with E-state index in [1.807, 2.05) is 13.2 Å². The van der Waals surface area contributed by atoms with Crippen molar-refractivity contribution in [2.75, 3.05) is 12.0 Å². The highest BCUT2D eigenvalue weighted by atomic mass is 32.2. The lowest BCUT2D eigenvalue weighted by molar-refractivity contribution is -0.131. The first-order chi connectivity index (χ1) is 9.95. The Morgan fingerprint density at radius 2 is 2.10 bits per heavy atom. The molecule has 1 fully saturated rings. The van der Waals surface area contributed by atoms with Crippen molar-refractivity contribution in [1.82, 2.24) is 10.2 Å². The summed E-state index contributed by atoms with van der Waals surface area (Å²) in [6.07, 6.45) is 2.48. The van der Waals surface area contributed by atoms with Crippen LogP contribution in [-0.4, -0.2) is 34.9 Å². The molecule has 6 heteroatoms. The molecule has 0 spiro atoms. The Morgan fingerprint density at radius 1 is 1.38 bits per heavy atom. The Balaban J connectivity index is 2.26. The molecule has 2 rings (SSSR count). The smallest absolute Gasteiger partial charge is 0.241 e. The molecule has 0 radical (unpaired) electrons. The van der Waals surface area contributed by atoms with Crippen LogP contribution in [0.5, 0.6) is 0 Å². The third kappa shape index (κ3) is 3.37. The Morgan fingerprint density at radius 3 is 2.71 bits per heavy atom. The largest absolute Gasteiger partial charge is 0.319 e. The van der Waals surface area contributed by atoms with Crippen molar-refractivity contribution in [2.45, 2.75) is 38.5 Å². The molecule has 116 valence electrons. The van der Waals surface area contributed by atoms with Gasteiger partial charge in [-0.25, -0.2) is 8.78 Å². The van der Waals surface area contributed by atoms with Gasteiger partial charge in [0.2, 0.25) is 5.91 Å². The van der Waals surface area contributed by atoms with E-state index in [0.717, 1.165) is 24.3 Å². The molecule has 21 heavy (non-hydrogen) atoms. The molecule has 1 aromatic rings. The number of carbonyl (C=O) groups is 1. The maximum Gasteiger partial charge on any atom is 0.241 e. The van der Waals surface area contributed by atoms with Gasteiger partial charge in [-0.1, -0.05) is 6.07 Å². The highest BCUT2D eigenvalue weighted by molar-refractivity contribution is 7.98. The van der Waals surface area contributed by atoms with Crippen LogP contribution in [0.25, 0.3) is 0 Å². The topological polar surface area (TPSA) is 32.3 Å². The molecule has 1 aliphatic heterocycles. The van der Waals surface area contributed by atoms with Crippen LogP contribution in [0.2, 0.25) is 0 Å². The van der Waals surface area contributed by atoms with Crippen molar-refractivity contribution >= 4 is 17.7 Å². The van der Waals surface area contributed by atoms with E-state index in [1.165, 1.54) is 6.07 Å². The molecule has 0 saturated carbocycles. The van der Waals surface area contributed by atoms with E-state index in [9.17, 15) is 13.6 Å². The monoisotopic (exact) mass is 314 g/mol. The van der Waals surface area contributed by atoms with E-state index in [1.54, 1.807) is 23.6 Å². The molecule has 3 nitrogen and oxygen atoms in total. The summed E-state index contributed by atoms with van der Waals surface area (Å²) in [6.45, 7) is 3.78. The average molecular weight is 314 g/mol.